The van der Waals surface area contributed by atoms with Gasteiger partial charge < -0.3 is 29.9 Å². The summed E-state index contributed by atoms with van der Waals surface area (Å²) in [7, 11) is 0. The molecule has 0 aromatic carbocycles. The lowest BCUT2D eigenvalue weighted by molar-refractivity contribution is -0.151. The zero-order valence-electron chi connectivity index (χ0n) is 11.0. The molecule has 2 atom stereocenters. The number of aliphatic hydroxyl groups excluding tert-OH is 3. The zero-order valence-corrected chi connectivity index (χ0v) is 11.0. The fourth-order valence-electron chi connectivity index (χ4n) is 1.63. The maximum absolute atomic E-state index is 11.5. The fraction of sp³-hybridized carbons (Fsp3) is 0.583. The number of carboxylic acid groups (broad SMARTS) is 1. The van der Waals surface area contributed by atoms with E-state index < -0.39 is 48.2 Å². The van der Waals surface area contributed by atoms with Crippen LogP contribution in [0.1, 0.15) is 25.7 Å². The van der Waals surface area contributed by atoms with Gasteiger partial charge in [0.2, 0.25) is 11.5 Å². The number of ether oxygens (including phenoxy) is 2. The van der Waals surface area contributed by atoms with Crippen LogP contribution in [0.4, 0.5) is 0 Å². The number of hydrogen-bond donors (Lipinski definition) is 4. The molecule has 0 fully saturated rings. The Morgan fingerprint density at radius 1 is 1.29 bits per heavy atom. The van der Waals surface area contributed by atoms with Gasteiger partial charge in [0.05, 0.1) is 6.61 Å². The lowest BCUT2D eigenvalue weighted by Gasteiger charge is -2.17. The topological polar surface area (TPSA) is 151 Å². The van der Waals surface area contributed by atoms with Crippen LogP contribution in [0, 0.1) is 0 Å². The van der Waals surface area contributed by atoms with Gasteiger partial charge in [-0.2, -0.15) is 0 Å². The van der Waals surface area contributed by atoms with Gasteiger partial charge in [-0.25, -0.2) is 4.79 Å². The van der Waals surface area contributed by atoms with Crippen molar-refractivity contribution in [3.8, 4) is 0 Å². The molecule has 0 aromatic rings. The Morgan fingerprint density at radius 2 is 1.90 bits per heavy atom. The molecule has 0 unspecified atom stereocenters. The fourth-order valence-corrected chi connectivity index (χ4v) is 1.63. The molecule has 0 saturated heterocycles. The second-order valence-corrected chi connectivity index (χ2v) is 4.36. The minimum atomic E-state index is -1.53. The summed E-state index contributed by atoms with van der Waals surface area (Å²) in [6.45, 7) is -0.759. The average Bonchev–Trinajstić information content (AvgIpc) is 2.71. The molecule has 0 aliphatic carbocycles. The van der Waals surface area contributed by atoms with Crippen molar-refractivity contribution in [1.29, 1.82) is 0 Å². The molecule has 9 heteroatoms. The van der Waals surface area contributed by atoms with Gasteiger partial charge in [0, 0.05) is 12.8 Å². The van der Waals surface area contributed by atoms with E-state index in [0.29, 0.717) is 0 Å². The van der Waals surface area contributed by atoms with Crippen LogP contribution in [0.25, 0.3) is 0 Å². The minimum Gasteiger partial charge on any atom is -0.499 e. The maximum atomic E-state index is 11.5. The first kappa shape index (κ1) is 16.9. The van der Waals surface area contributed by atoms with Gasteiger partial charge in [0.25, 0.3) is 0 Å². The van der Waals surface area contributed by atoms with E-state index in [-0.39, 0.29) is 25.7 Å². The first-order chi connectivity index (χ1) is 9.86. The lowest BCUT2D eigenvalue weighted by Crippen LogP contribution is -2.33. The molecule has 0 bridgehead atoms. The molecule has 0 aromatic heterocycles. The number of rotatable bonds is 8. The van der Waals surface area contributed by atoms with Crippen LogP contribution in [0.15, 0.2) is 11.5 Å². The monoisotopic (exact) mass is 304 g/mol. The second-order valence-electron chi connectivity index (χ2n) is 4.36. The smallest absolute Gasteiger partial charge is 0.378 e. The zero-order chi connectivity index (χ0) is 16.0. The van der Waals surface area contributed by atoms with Gasteiger partial charge in [0.1, 0.15) is 6.10 Å². The predicted octanol–water partition coefficient (Wildman–Crippen LogP) is -0.777. The molecule has 0 radical (unpaired) electrons. The Balaban J connectivity index is 2.55. The van der Waals surface area contributed by atoms with Gasteiger partial charge in [0.15, 0.2) is 6.10 Å². The van der Waals surface area contributed by atoms with Crippen LogP contribution >= 0.6 is 0 Å². The minimum absolute atomic E-state index is 0.0886. The summed E-state index contributed by atoms with van der Waals surface area (Å²) in [5.41, 5.74) is 0. The molecule has 4 N–H and O–H groups in total. The summed E-state index contributed by atoms with van der Waals surface area (Å²) >= 11 is 0. The molecule has 0 amide bonds. The summed E-state index contributed by atoms with van der Waals surface area (Å²) in [6, 6.07) is 0. The summed E-state index contributed by atoms with van der Waals surface area (Å²) in [6.07, 6.45) is -2.68. The van der Waals surface area contributed by atoms with Crippen LogP contribution in [-0.4, -0.2) is 57.1 Å². The maximum Gasteiger partial charge on any atom is 0.378 e. The van der Waals surface area contributed by atoms with Crippen LogP contribution in [0.2, 0.25) is 0 Å². The van der Waals surface area contributed by atoms with Crippen molar-refractivity contribution in [3.05, 3.63) is 11.5 Å². The van der Waals surface area contributed by atoms with Gasteiger partial charge in [-0.3, -0.25) is 9.59 Å². The van der Waals surface area contributed by atoms with E-state index in [4.69, 9.17) is 14.9 Å². The normalized spacial score (nSPS) is 19.3. The van der Waals surface area contributed by atoms with Crippen LogP contribution in [0.5, 0.6) is 0 Å². The van der Waals surface area contributed by atoms with Crippen molar-refractivity contribution in [1.82, 2.24) is 0 Å². The SMILES string of the molecule is O=C(O)CCCCC(=O)OC1=C(O)C(=O)O[C@@H]1[C@@H](O)CO. The van der Waals surface area contributed by atoms with Gasteiger partial charge in [-0.1, -0.05) is 0 Å². The second kappa shape index (κ2) is 7.60. The third-order valence-electron chi connectivity index (χ3n) is 2.70. The summed E-state index contributed by atoms with van der Waals surface area (Å²) in [5, 5.41) is 36.1. The number of aliphatic carboxylic acids is 1. The molecule has 1 rings (SSSR count). The number of cyclic esters (lactones) is 1. The third-order valence-corrected chi connectivity index (χ3v) is 2.70. The molecular formula is C12H16O9. The Kier molecular flexibility index (Phi) is 6.12. The van der Waals surface area contributed by atoms with Crippen molar-refractivity contribution in [2.45, 2.75) is 37.9 Å². The number of unbranched alkanes of at least 4 members (excludes halogenated alkanes) is 1. The Morgan fingerprint density at radius 3 is 2.48 bits per heavy atom. The van der Waals surface area contributed by atoms with Crippen LogP contribution in [0.3, 0.4) is 0 Å². The number of esters is 2. The van der Waals surface area contributed by atoms with E-state index in [1.165, 1.54) is 0 Å². The Bertz CT molecular complexity index is 454. The summed E-state index contributed by atoms with van der Waals surface area (Å²) < 4.78 is 9.33. The van der Waals surface area contributed by atoms with Crippen LogP contribution < -0.4 is 0 Å². The van der Waals surface area contributed by atoms with Gasteiger partial charge >= 0.3 is 17.9 Å². The lowest BCUT2D eigenvalue weighted by atomic mass is 10.1. The first-order valence-electron chi connectivity index (χ1n) is 6.22. The highest BCUT2D eigenvalue weighted by atomic mass is 16.6. The third kappa shape index (κ3) is 4.72. The van der Waals surface area contributed by atoms with E-state index >= 15 is 0 Å². The molecule has 118 valence electrons. The van der Waals surface area contributed by atoms with Crippen LogP contribution in [-0.2, 0) is 23.9 Å². The number of carboxylic acids is 1. The molecule has 1 aliphatic heterocycles. The van der Waals surface area contributed by atoms with E-state index in [9.17, 15) is 24.6 Å². The van der Waals surface area contributed by atoms with E-state index in [0.717, 1.165) is 0 Å². The first-order valence-corrected chi connectivity index (χ1v) is 6.22. The summed E-state index contributed by atoms with van der Waals surface area (Å²) in [5.74, 6) is -4.45. The molecular weight excluding hydrogens is 288 g/mol. The average molecular weight is 304 g/mol. The number of hydrogen-bond acceptors (Lipinski definition) is 8. The predicted molar refractivity (Wildman–Crippen MR) is 64.8 cm³/mol. The number of carbonyl (C=O) groups excluding carboxylic acids is 2. The number of carbonyl (C=O) groups is 3. The van der Waals surface area contributed by atoms with Crippen molar-refractivity contribution in [2.24, 2.45) is 0 Å². The van der Waals surface area contributed by atoms with Gasteiger partial charge in [-0.15, -0.1) is 0 Å². The standard InChI is InChI=1S/C12H16O9/c13-5-6(14)10-11(9(18)12(19)21-10)20-8(17)4-2-1-3-7(15)16/h6,10,13-14,18H,1-5H2,(H,15,16)/t6-,10+/m0/s1. The highest BCUT2D eigenvalue weighted by Crippen LogP contribution is 2.25. The van der Waals surface area contributed by atoms with Crippen molar-refractivity contribution in [2.75, 3.05) is 6.61 Å². The highest BCUT2D eigenvalue weighted by Gasteiger charge is 2.41. The van der Waals surface area contributed by atoms with Crippen molar-refractivity contribution >= 4 is 17.9 Å². The molecule has 1 heterocycles. The van der Waals surface area contributed by atoms with Crippen molar-refractivity contribution < 1.29 is 44.3 Å². The summed E-state index contributed by atoms with van der Waals surface area (Å²) in [4.78, 5) is 33.0. The molecule has 21 heavy (non-hydrogen) atoms. The number of aliphatic hydroxyl groups is 3. The Labute approximate surface area is 119 Å². The van der Waals surface area contributed by atoms with Gasteiger partial charge in [-0.05, 0) is 12.8 Å². The van der Waals surface area contributed by atoms with E-state index in [1.807, 2.05) is 0 Å². The molecule has 0 spiro atoms. The quantitative estimate of drug-likeness (QED) is 0.334. The highest BCUT2D eigenvalue weighted by molar-refractivity contribution is 5.90. The largest absolute Gasteiger partial charge is 0.499 e. The van der Waals surface area contributed by atoms with E-state index in [2.05, 4.69) is 4.74 Å². The van der Waals surface area contributed by atoms with E-state index in [1.54, 1.807) is 0 Å². The molecule has 0 saturated carbocycles. The Hall–Kier alpha value is -2.13. The molecule has 9 nitrogen and oxygen atoms in total. The van der Waals surface area contributed by atoms with Crippen molar-refractivity contribution in [3.63, 3.8) is 0 Å². The molecule has 1 aliphatic rings.